The Kier molecular flexibility index (Phi) is 5.75. The van der Waals surface area contributed by atoms with Crippen molar-refractivity contribution in [3.63, 3.8) is 0 Å². The van der Waals surface area contributed by atoms with Crippen LogP contribution in [0.15, 0.2) is 72.8 Å². The molecule has 0 radical (unpaired) electrons. The van der Waals surface area contributed by atoms with Gasteiger partial charge in [0.25, 0.3) is 11.8 Å². The first-order valence-electron chi connectivity index (χ1n) is 9.74. The Hall–Kier alpha value is -3.67. The number of benzene rings is 3. The molecule has 152 valence electrons. The van der Waals surface area contributed by atoms with Gasteiger partial charge in [0.1, 0.15) is 11.6 Å². The fraction of sp³-hybridized carbons (Fsp3) is 0.167. The smallest absolute Gasteiger partial charge is 0.262 e. The molecule has 1 heterocycles. The monoisotopic (exact) mass is 404 g/mol. The number of hydrogen-bond acceptors (Lipinski definition) is 3. The Morgan fingerprint density at radius 3 is 2.47 bits per heavy atom. The van der Waals surface area contributed by atoms with E-state index in [1.165, 1.54) is 17.7 Å². The van der Waals surface area contributed by atoms with Crippen LogP contribution < -0.4 is 10.1 Å². The van der Waals surface area contributed by atoms with Gasteiger partial charge in [0, 0.05) is 13.1 Å². The highest BCUT2D eigenvalue weighted by molar-refractivity contribution is 5.97. The molecule has 0 saturated carbocycles. The number of halogens is 1. The second kappa shape index (κ2) is 8.78. The molecule has 30 heavy (non-hydrogen) atoms. The van der Waals surface area contributed by atoms with Crippen molar-refractivity contribution in [3.05, 3.63) is 95.3 Å². The molecule has 1 aliphatic heterocycles. The van der Waals surface area contributed by atoms with Gasteiger partial charge in [-0.3, -0.25) is 9.59 Å². The summed E-state index contributed by atoms with van der Waals surface area (Å²) in [4.78, 5) is 27.0. The number of carbonyl (C=O) groups excluding carboxylic acids is 2. The van der Waals surface area contributed by atoms with Crippen molar-refractivity contribution in [3.8, 4) is 5.75 Å². The van der Waals surface area contributed by atoms with E-state index in [0.717, 1.165) is 12.0 Å². The maximum Gasteiger partial charge on any atom is 0.262 e. The average molecular weight is 404 g/mol. The van der Waals surface area contributed by atoms with E-state index < -0.39 is 11.7 Å². The van der Waals surface area contributed by atoms with Gasteiger partial charge in [-0.15, -0.1) is 0 Å². The van der Waals surface area contributed by atoms with Crippen LogP contribution in [0.2, 0.25) is 0 Å². The molecule has 0 bridgehead atoms. The van der Waals surface area contributed by atoms with Crippen LogP contribution in [-0.2, 0) is 17.8 Å². The number of rotatable bonds is 5. The van der Waals surface area contributed by atoms with Crippen LogP contribution in [0, 0.1) is 5.82 Å². The Morgan fingerprint density at radius 2 is 1.63 bits per heavy atom. The van der Waals surface area contributed by atoms with Crippen molar-refractivity contribution in [2.45, 2.75) is 13.0 Å². The number of nitrogens with zero attached hydrogens (tertiary/aromatic N) is 1. The average Bonchev–Trinajstić information content (AvgIpc) is 2.78. The molecule has 3 aromatic rings. The maximum atomic E-state index is 13.7. The van der Waals surface area contributed by atoms with Gasteiger partial charge in [0.15, 0.2) is 6.61 Å². The lowest BCUT2D eigenvalue weighted by Gasteiger charge is -2.29. The number of fused-ring (bicyclic) bond motifs is 1. The van der Waals surface area contributed by atoms with Crippen molar-refractivity contribution in [2.24, 2.45) is 0 Å². The zero-order valence-corrected chi connectivity index (χ0v) is 16.3. The molecule has 0 aliphatic carbocycles. The zero-order valence-electron chi connectivity index (χ0n) is 16.3. The summed E-state index contributed by atoms with van der Waals surface area (Å²) >= 11 is 0. The van der Waals surface area contributed by atoms with E-state index >= 15 is 0 Å². The normalized spacial score (nSPS) is 12.8. The summed E-state index contributed by atoms with van der Waals surface area (Å²) < 4.78 is 19.3. The third kappa shape index (κ3) is 4.33. The van der Waals surface area contributed by atoms with Gasteiger partial charge >= 0.3 is 0 Å². The lowest BCUT2D eigenvalue weighted by molar-refractivity contribution is -0.118. The second-order valence-electron chi connectivity index (χ2n) is 7.06. The fourth-order valence-electron chi connectivity index (χ4n) is 3.50. The quantitative estimate of drug-likeness (QED) is 0.698. The number of amides is 2. The molecule has 0 fully saturated rings. The van der Waals surface area contributed by atoms with E-state index in [2.05, 4.69) is 11.4 Å². The number of nitrogens with one attached hydrogen (secondary N) is 1. The van der Waals surface area contributed by atoms with Crippen molar-refractivity contribution < 1.29 is 18.7 Å². The lowest BCUT2D eigenvalue weighted by Crippen LogP contribution is -2.36. The molecule has 1 aliphatic rings. The van der Waals surface area contributed by atoms with Gasteiger partial charge in [0.2, 0.25) is 0 Å². The van der Waals surface area contributed by atoms with Crippen molar-refractivity contribution in [2.75, 3.05) is 18.5 Å². The minimum atomic E-state index is -0.521. The van der Waals surface area contributed by atoms with Gasteiger partial charge in [-0.2, -0.15) is 0 Å². The van der Waals surface area contributed by atoms with Gasteiger partial charge < -0.3 is 15.0 Å². The van der Waals surface area contributed by atoms with Gasteiger partial charge in [-0.05, 0) is 41.8 Å². The first kappa shape index (κ1) is 19.6. The zero-order chi connectivity index (χ0) is 20.9. The van der Waals surface area contributed by atoms with Gasteiger partial charge in [-0.1, -0.05) is 48.5 Å². The number of hydrogen-bond donors (Lipinski definition) is 1. The van der Waals surface area contributed by atoms with E-state index in [1.807, 2.05) is 18.2 Å². The van der Waals surface area contributed by atoms with E-state index in [1.54, 1.807) is 41.3 Å². The number of anilines is 1. The molecular formula is C24H21FN2O3. The third-order valence-electron chi connectivity index (χ3n) is 5.04. The Balaban J connectivity index is 1.43. The molecule has 0 saturated heterocycles. The van der Waals surface area contributed by atoms with Crippen molar-refractivity contribution in [1.82, 2.24) is 4.90 Å². The molecule has 4 rings (SSSR count). The summed E-state index contributed by atoms with van der Waals surface area (Å²) in [6.07, 6.45) is 0.802. The van der Waals surface area contributed by atoms with Crippen molar-refractivity contribution in [1.29, 1.82) is 0 Å². The predicted octanol–water partition coefficient (Wildman–Crippen LogP) is 4.04. The lowest BCUT2D eigenvalue weighted by atomic mass is 9.99. The molecule has 5 nitrogen and oxygen atoms in total. The topological polar surface area (TPSA) is 58.6 Å². The molecule has 0 spiro atoms. The van der Waals surface area contributed by atoms with E-state index in [-0.39, 0.29) is 18.2 Å². The third-order valence-corrected chi connectivity index (χ3v) is 5.04. The minimum Gasteiger partial charge on any atom is -0.483 e. The van der Waals surface area contributed by atoms with Crippen LogP contribution in [0.5, 0.6) is 5.75 Å². The van der Waals surface area contributed by atoms with Crippen LogP contribution in [0.3, 0.4) is 0 Å². The molecule has 6 heteroatoms. The predicted molar refractivity (Wildman–Crippen MR) is 112 cm³/mol. The molecular weight excluding hydrogens is 383 g/mol. The van der Waals surface area contributed by atoms with Crippen LogP contribution in [0.4, 0.5) is 10.1 Å². The molecule has 3 aromatic carbocycles. The number of ether oxygens (including phenoxy) is 1. The first-order chi connectivity index (χ1) is 14.6. The van der Waals surface area contributed by atoms with Crippen LogP contribution in [0.25, 0.3) is 0 Å². The van der Waals surface area contributed by atoms with Crippen LogP contribution >= 0.6 is 0 Å². The van der Waals surface area contributed by atoms with Crippen LogP contribution in [0.1, 0.15) is 21.5 Å². The highest BCUT2D eigenvalue weighted by Gasteiger charge is 2.24. The largest absolute Gasteiger partial charge is 0.483 e. The fourth-order valence-corrected chi connectivity index (χ4v) is 3.50. The Bertz CT molecular complexity index is 1080. The van der Waals surface area contributed by atoms with E-state index in [4.69, 9.17) is 4.74 Å². The number of para-hydroxylation sites is 2. The highest BCUT2D eigenvalue weighted by Crippen LogP contribution is 2.24. The maximum absolute atomic E-state index is 13.7. The summed E-state index contributed by atoms with van der Waals surface area (Å²) in [5.74, 6) is -0.847. The summed E-state index contributed by atoms with van der Waals surface area (Å²) in [5, 5.41) is 2.47. The van der Waals surface area contributed by atoms with Crippen molar-refractivity contribution >= 4 is 17.5 Å². The minimum absolute atomic E-state index is 0.0856. The summed E-state index contributed by atoms with van der Waals surface area (Å²) in [6.45, 7) is 0.830. The molecule has 0 aromatic heterocycles. The van der Waals surface area contributed by atoms with Gasteiger partial charge in [0.05, 0.1) is 11.3 Å². The van der Waals surface area contributed by atoms with E-state index in [0.29, 0.717) is 24.4 Å². The summed E-state index contributed by atoms with van der Waals surface area (Å²) in [6, 6.07) is 20.8. The molecule has 0 unspecified atom stereocenters. The summed E-state index contributed by atoms with van der Waals surface area (Å²) in [7, 11) is 0. The first-order valence-corrected chi connectivity index (χ1v) is 9.74. The SMILES string of the molecule is O=C(COc1ccccc1C(=O)N1CCc2ccccc2C1)Nc1ccccc1F. The molecule has 1 N–H and O–H groups in total. The number of carbonyl (C=O) groups is 2. The van der Waals surface area contributed by atoms with Crippen LogP contribution in [-0.4, -0.2) is 29.9 Å². The Morgan fingerprint density at radius 1 is 0.933 bits per heavy atom. The molecule has 2 amide bonds. The Labute approximate surface area is 174 Å². The molecule has 0 atom stereocenters. The van der Waals surface area contributed by atoms with E-state index in [9.17, 15) is 14.0 Å². The second-order valence-corrected chi connectivity index (χ2v) is 7.06. The standard InChI is InChI=1S/C24H21FN2O3/c25-20-10-4-5-11-21(20)26-23(28)16-30-22-12-6-3-9-19(22)24(29)27-14-13-17-7-1-2-8-18(17)15-27/h1-12H,13-16H2,(H,26,28). The van der Waals surface area contributed by atoms with Gasteiger partial charge in [-0.25, -0.2) is 4.39 Å². The highest BCUT2D eigenvalue weighted by atomic mass is 19.1. The summed E-state index contributed by atoms with van der Waals surface area (Å²) in [5.41, 5.74) is 2.88.